The molecule has 3 aromatic rings. The Balaban J connectivity index is 2.14. The van der Waals surface area contributed by atoms with E-state index in [1.165, 1.54) is 0 Å². The molecule has 0 bridgehead atoms. The molecular formula is C21H17ClO3. The summed E-state index contributed by atoms with van der Waals surface area (Å²) in [4.78, 5) is 13.2. The number of halogens is 1. The van der Waals surface area contributed by atoms with Crippen molar-refractivity contribution in [2.75, 3.05) is 7.11 Å². The Bertz CT molecular complexity index is 858. The zero-order valence-corrected chi connectivity index (χ0v) is 14.4. The molecule has 0 aliphatic heterocycles. The lowest BCUT2D eigenvalue weighted by Gasteiger charge is -2.28. The summed E-state index contributed by atoms with van der Waals surface area (Å²) in [5, 5.41) is 12.0. The molecule has 4 heteroatoms. The first kappa shape index (κ1) is 17.2. The van der Waals surface area contributed by atoms with Crippen LogP contribution in [0, 0.1) is 0 Å². The number of ether oxygens (including phenoxy) is 1. The standard InChI is InChI=1S/C21H17ClO3/c1-25-19-13-9-17(10-14-19)21(24,16-5-3-2-4-6-16)20(23)15-7-11-18(22)12-8-15/h2-14,24H,1H3. The minimum absolute atomic E-state index is 0.381. The van der Waals surface area contributed by atoms with Crippen LogP contribution < -0.4 is 4.74 Å². The summed E-state index contributed by atoms with van der Waals surface area (Å²) in [5.41, 5.74) is -0.451. The van der Waals surface area contributed by atoms with Gasteiger partial charge in [-0.25, -0.2) is 0 Å². The number of aliphatic hydroxyl groups is 1. The molecule has 0 spiro atoms. The Morgan fingerprint density at radius 3 is 2.00 bits per heavy atom. The highest BCUT2D eigenvalue weighted by molar-refractivity contribution is 6.30. The van der Waals surface area contributed by atoms with E-state index in [1.807, 2.05) is 6.07 Å². The summed E-state index contributed by atoms with van der Waals surface area (Å²) in [6, 6.07) is 22.2. The lowest BCUT2D eigenvalue weighted by atomic mass is 9.80. The number of benzene rings is 3. The second kappa shape index (κ2) is 7.09. The molecule has 1 unspecified atom stereocenters. The third-order valence-corrected chi connectivity index (χ3v) is 4.39. The summed E-state index contributed by atoms with van der Waals surface area (Å²) in [6.45, 7) is 0. The van der Waals surface area contributed by atoms with Crippen molar-refractivity contribution in [2.24, 2.45) is 0 Å². The maximum Gasteiger partial charge on any atom is 0.203 e. The molecule has 3 nitrogen and oxygen atoms in total. The van der Waals surface area contributed by atoms with Crippen molar-refractivity contribution in [2.45, 2.75) is 5.60 Å². The van der Waals surface area contributed by atoms with Crippen molar-refractivity contribution < 1.29 is 14.6 Å². The van der Waals surface area contributed by atoms with E-state index >= 15 is 0 Å². The molecule has 126 valence electrons. The maximum absolute atomic E-state index is 13.2. The van der Waals surface area contributed by atoms with Gasteiger partial charge in [0.15, 0.2) is 5.60 Å². The zero-order chi connectivity index (χ0) is 17.9. The van der Waals surface area contributed by atoms with E-state index in [4.69, 9.17) is 16.3 Å². The van der Waals surface area contributed by atoms with Crippen LogP contribution in [-0.2, 0) is 5.60 Å². The summed E-state index contributed by atoms with van der Waals surface area (Å²) >= 11 is 5.91. The molecule has 1 atom stereocenters. The fourth-order valence-corrected chi connectivity index (χ4v) is 2.88. The van der Waals surface area contributed by atoms with Gasteiger partial charge in [0.2, 0.25) is 5.78 Å². The molecule has 0 saturated carbocycles. The van der Waals surface area contributed by atoms with Crippen LogP contribution in [-0.4, -0.2) is 18.0 Å². The van der Waals surface area contributed by atoms with Crippen LogP contribution >= 0.6 is 11.6 Å². The normalized spacial score (nSPS) is 13.1. The lowest BCUT2D eigenvalue weighted by molar-refractivity contribution is 0.0487. The fourth-order valence-electron chi connectivity index (χ4n) is 2.75. The van der Waals surface area contributed by atoms with Gasteiger partial charge < -0.3 is 9.84 Å². The third kappa shape index (κ3) is 3.29. The van der Waals surface area contributed by atoms with Gasteiger partial charge >= 0.3 is 0 Å². The van der Waals surface area contributed by atoms with Gasteiger partial charge in [-0.05, 0) is 47.5 Å². The number of carbonyl (C=O) groups is 1. The highest BCUT2D eigenvalue weighted by Gasteiger charge is 2.40. The molecule has 0 aromatic heterocycles. The van der Waals surface area contributed by atoms with Gasteiger partial charge in [0, 0.05) is 10.6 Å². The predicted molar refractivity (Wildman–Crippen MR) is 98.2 cm³/mol. The second-order valence-corrected chi connectivity index (χ2v) is 6.08. The highest BCUT2D eigenvalue weighted by Crippen LogP contribution is 2.34. The topological polar surface area (TPSA) is 46.5 Å². The number of Topliss-reactive ketones (excluding diaryl/α,β-unsaturated/α-hetero) is 1. The first-order valence-corrected chi connectivity index (χ1v) is 8.16. The summed E-state index contributed by atoms with van der Waals surface area (Å²) in [7, 11) is 1.57. The van der Waals surface area contributed by atoms with E-state index in [0.29, 0.717) is 27.5 Å². The molecule has 0 heterocycles. The monoisotopic (exact) mass is 352 g/mol. The van der Waals surface area contributed by atoms with Crippen molar-refractivity contribution in [3.8, 4) is 5.75 Å². The number of hydrogen-bond donors (Lipinski definition) is 1. The quantitative estimate of drug-likeness (QED) is 0.689. The third-order valence-electron chi connectivity index (χ3n) is 4.13. The van der Waals surface area contributed by atoms with Crippen LogP contribution in [0.3, 0.4) is 0 Å². The Kier molecular flexibility index (Phi) is 4.88. The molecule has 1 N–H and O–H groups in total. The van der Waals surface area contributed by atoms with E-state index in [2.05, 4.69) is 0 Å². The summed E-state index contributed by atoms with van der Waals surface area (Å²) < 4.78 is 5.16. The number of hydrogen-bond acceptors (Lipinski definition) is 3. The minimum Gasteiger partial charge on any atom is -0.497 e. The zero-order valence-electron chi connectivity index (χ0n) is 13.6. The molecule has 0 fully saturated rings. The maximum atomic E-state index is 13.2. The first-order valence-electron chi connectivity index (χ1n) is 7.78. The Labute approximate surface area is 151 Å². The fraction of sp³-hybridized carbons (Fsp3) is 0.0952. The predicted octanol–water partition coefficient (Wildman–Crippen LogP) is 4.47. The van der Waals surface area contributed by atoms with Crippen LogP contribution in [0.1, 0.15) is 21.5 Å². The molecule has 0 aliphatic rings. The van der Waals surface area contributed by atoms with Gasteiger partial charge in [0.05, 0.1) is 7.11 Å². The number of ketones is 1. The molecule has 0 amide bonds. The van der Waals surface area contributed by atoms with Crippen LogP contribution in [0.15, 0.2) is 78.9 Å². The van der Waals surface area contributed by atoms with Crippen molar-refractivity contribution in [3.05, 3.63) is 101 Å². The van der Waals surface area contributed by atoms with E-state index < -0.39 is 11.4 Å². The SMILES string of the molecule is COc1ccc(C(O)(C(=O)c2ccc(Cl)cc2)c2ccccc2)cc1. The van der Waals surface area contributed by atoms with Crippen LogP contribution in [0.2, 0.25) is 5.02 Å². The lowest BCUT2D eigenvalue weighted by Crippen LogP contribution is -2.37. The average Bonchev–Trinajstić information content (AvgIpc) is 2.68. The minimum atomic E-state index is -1.80. The summed E-state index contributed by atoms with van der Waals surface area (Å²) in [6.07, 6.45) is 0. The van der Waals surface area contributed by atoms with E-state index in [1.54, 1.807) is 79.9 Å². The smallest absolute Gasteiger partial charge is 0.203 e. The van der Waals surface area contributed by atoms with Gasteiger partial charge in [-0.1, -0.05) is 54.1 Å². The van der Waals surface area contributed by atoms with Crippen LogP contribution in [0.4, 0.5) is 0 Å². The van der Waals surface area contributed by atoms with Gasteiger partial charge in [0.1, 0.15) is 5.75 Å². The number of methoxy groups -OCH3 is 1. The molecule has 25 heavy (non-hydrogen) atoms. The summed E-state index contributed by atoms with van der Waals surface area (Å²) in [5.74, 6) is 0.235. The Morgan fingerprint density at radius 1 is 0.880 bits per heavy atom. The number of rotatable bonds is 5. The average molecular weight is 353 g/mol. The van der Waals surface area contributed by atoms with Gasteiger partial charge in [-0.3, -0.25) is 4.79 Å². The Morgan fingerprint density at radius 2 is 1.44 bits per heavy atom. The van der Waals surface area contributed by atoms with E-state index in [-0.39, 0.29) is 0 Å². The second-order valence-electron chi connectivity index (χ2n) is 5.64. The number of carbonyl (C=O) groups excluding carboxylic acids is 1. The van der Waals surface area contributed by atoms with Crippen molar-refractivity contribution in [1.29, 1.82) is 0 Å². The van der Waals surface area contributed by atoms with Crippen molar-refractivity contribution in [1.82, 2.24) is 0 Å². The van der Waals surface area contributed by atoms with Crippen molar-refractivity contribution in [3.63, 3.8) is 0 Å². The Hall–Kier alpha value is -2.62. The van der Waals surface area contributed by atoms with Gasteiger partial charge in [-0.15, -0.1) is 0 Å². The van der Waals surface area contributed by atoms with Crippen molar-refractivity contribution >= 4 is 17.4 Å². The van der Waals surface area contributed by atoms with Gasteiger partial charge in [-0.2, -0.15) is 0 Å². The molecular weight excluding hydrogens is 336 g/mol. The largest absolute Gasteiger partial charge is 0.497 e. The van der Waals surface area contributed by atoms with E-state index in [0.717, 1.165) is 0 Å². The molecule has 3 aromatic carbocycles. The van der Waals surface area contributed by atoms with Gasteiger partial charge in [0.25, 0.3) is 0 Å². The van der Waals surface area contributed by atoms with E-state index in [9.17, 15) is 9.90 Å². The molecule has 3 rings (SSSR count). The molecule has 0 radical (unpaired) electrons. The van der Waals surface area contributed by atoms with Crippen LogP contribution in [0.25, 0.3) is 0 Å². The van der Waals surface area contributed by atoms with Crippen LogP contribution in [0.5, 0.6) is 5.75 Å². The molecule has 0 saturated heterocycles. The first-order chi connectivity index (χ1) is 12.1. The highest BCUT2D eigenvalue weighted by atomic mass is 35.5. The molecule has 0 aliphatic carbocycles.